The zero-order chi connectivity index (χ0) is 13.3. The average Bonchev–Trinajstić information content (AvgIpc) is 2.71. The monoisotopic (exact) mass is 274 g/mol. The number of hydrogen-bond donors (Lipinski definition) is 2. The van der Waals surface area contributed by atoms with Gasteiger partial charge in [-0.15, -0.1) is 0 Å². The molecular formula is C10H14N2O5S. The highest BCUT2D eigenvalue weighted by Crippen LogP contribution is 2.27. The van der Waals surface area contributed by atoms with E-state index in [1.165, 1.54) is 0 Å². The summed E-state index contributed by atoms with van der Waals surface area (Å²) in [4.78, 5) is 13.5. The molecule has 100 valence electrons. The maximum atomic E-state index is 12.0. The molecule has 2 rings (SSSR count). The topological polar surface area (TPSA) is 114 Å². The number of piperidine rings is 1. The Balaban J connectivity index is 2.26. The molecule has 1 aromatic rings. The number of sulfonamides is 1. The first-order chi connectivity index (χ1) is 8.39. The molecule has 0 saturated carbocycles. The Kier molecular flexibility index (Phi) is 3.31. The van der Waals surface area contributed by atoms with Crippen LogP contribution in [-0.2, 0) is 10.0 Å². The van der Waals surface area contributed by atoms with E-state index in [1.54, 1.807) is 4.90 Å². The molecule has 1 aliphatic rings. The lowest BCUT2D eigenvalue weighted by atomic mass is 10.1. The minimum Gasteiger partial charge on any atom is -0.504 e. The van der Waals surface area contributed by atoms with Gasteiger partial charge in [-0.25, -0.2) is 13.6 Å². The minimum atomic E-state index is -4.16. The molecule has 1 amide bonds. The van der Waals surface area contributed by atoms with Gasteiger partial charge in [-0.3, -0.25) is 4.79 Å². The first kappa shape index (κ1) is 12.9. The summed E-state index contributed by atoms with van der Waals surface area (Å²) in [6.45, 7) is 1.20. The van der Waals surface area contributed by atoms with Crippen LogP contribution in [-0.4, -0.2) is 37.4 Å². The van der Waals surface area contributed by atoms with Gasteiger partial charge in [-0.2, -0.15) is 0 Å². The number of carbonyl (C=O) groups excluding carboxylic acids is 1. The van der Waals surface area contributed by atoms with Crippen molar-refractivity contribution in [3.63, 3.8) is 0 Å². The maximum absolute atomic E-state index is 12.0. The van der Waals surface area contributed by atoms with Crippen molar-refractivity contribution in [2.45, 2.75) is 24.4 Å². The van der Waals surface area contributed by atoms with Gasteiger partial charge in [0.2, 0.25) is 0 Å². The molecule has 0 aromatic carbocycles. The summed E-state index contributed by atoms with van der Waals surface area (Å²) in [5.41, 5.74) is 0. The summed E-state index contributed by atoms with van der Waals surface area (Å²) >= 11 is 0. The third kappa shape index (κ3) is 2.49. The third-order valence-electron chi connectivity index (χ3n) is 2.79. The van der Waals surface area contributed by atoms with Gasteiger partial charge in [-0.1, -0.05) is 0 Å². The summed E-state index contributed by atoms with van der Waals surface area (Å²) in [7, 11) is -4.16. The quantitative estimate of drug-likeness (QED) is 0.802. The van der Waals surface area contributed by atoms with Crippen molar-refractivity contribution in [3.05, 3.63) is 11.8 Å². The summed E-state index contributed by atoms with van der Waals surface area (Å²) < 4.78 is 27.0. The molecule has 1 saturated heterocycles. The number of furan rings is 1. The van der Waals surface area contributed by atoms with Crippen LogP contribution in [0.3, 0.4) is 0 Å². The molecule has 1 aromatic heterocycles. The molecule has 3 N–H and O–H groups in total. The minimum absolute atomic E-state index is 0.210. The molecule has 8 heteroatoms. The molecule has 1 aliphatic heterocycles. The Morgan fingerprint density at radius 2 is 1.94 bits per heavy atom. The van der Waals surface area contributed by atoms with Crippen molar-refractivity contribution in [3.8, 4) is 5.75 Å². The van der Waals surface area contributed by atoms with Gasteiger partial charge in [-0.05, 0) is 19.3 Å². The molecule has 2 heterocycles. The molecule has 0 bridgehead atoms. The SMILES string of the molecule is NS(=O)(=O)c1oc(C(=O)N2CCCCC2)cc1O. The number of amides is 1. The van der Waals surface area contributed by atoms with Crippen molar-refractivity contribution in [2.24, 2.45) is 5.14 Å². The standard InChI is InChI=1S/C10H14N2O5S/c11-18(15,16)10-7(13)6-8(17-10)9(14)12-4-2-1-3-5-12/h6,13H,1-5H2,(H2,11,15,16). The Morgan fingerprint density at radius 1 is 1.33 bits per heavy atom. The number of likely N-dealkylation sites (tertiary alicyclic amines) is 1. The predicted octanol–water partition coefficient (Wildman–Crippen LogP) is 0.259. The van der Waals surface area contributed by atoms with E-state index in [0.29, 0.717) is 13.1 Å². The van der Waals surface area contributed by atoms with Gasteiger partial charge >= 0.3 is 0 Å². The zero-order valence-corrected chi connectivity index (χ0v) is 10.4. The average molecular weight is 274 g/mol. The zero-order valence-electron chi connectivity index (χ0n) is 9.63. The van der Waals surface area contributed by atoms with Crippen LogP contribution < -0.4 is 5.14 Å². The molecule has 0 atom stereocenters. The van der Waals surface area contributed by atoms with Gasteiger partial charge in [0.15, 0.2) is 11.5 Å². The highest BCUT2D eigenvalue weighted by molar-refractivity contribution is 7.89. The number of aromatic hydroxyl groups is 1. The number of rotatable bonds is 2. The first-order valence-corrected chi connectivity index (χ1v) is 7.09. The van der Waals surface area contributed by atoms with E-state index in [0.717, 1.165) is 25.3 Å². The first-order valence-electron chi connectivity index (χ1n) is 5.54. The third-order valence-corrected chi connectivity index (χ3v) is 3.60. The summed E-state index contributed by atoms with van der Waals surface area (Å²) in [5, 5.41) is 13.5. The van der Waals surface area contributed by atoms with Crippen molar-refractivity contribution in [2.75, 3.05) is 13.1 Å². The van der Waals surface area contributed by atoms with Crippen LogP contribution in [0, 0.1) is 0 Å². The normalized spacial score (nSPS) is 16.8. The van der Waals surface area contributed by atoms with Crippen LogP contribution in [0.25, 0.3) is 0 Å². The molecule has 0 radical (unpaired) electrons. The van der Waals surface area contributed by atoms with Crippen molar-refractivity contribution < 1.29 is 22.7 Å². The van der Waals surface area contributed by atoms with E-state index in [2.05, 4.69) is 0 Å². The second-order valence-electron chi connectivity index (χ2n) is 4.18. The number of nitrogens with two attached hydrogens (primary N) is 1. The van der Waals surface area contributed by atoms with Gasteiger partial charge in [0.05, 0.1) is 0 Å². The van der Waals surface area contributed by atoms with Crippen LogP contribution in [0.2, 0.25) is 0 Å². The lowest BCUT2D eigenvalue weighted by Crippen LogP contribution is -2.35. The fraction of sp³-hybridized carbons (Fsp3) is 0.500. The Labute approximate surface area is 104 Å². The highest BCUT2D eigenvalue weighted by atomic mass is 32.2. The number of hydrogen-bond acceptors (Lipinski definition) is 5. The Bertz CT molecular complexity index is 557. The summed E-state index contributed by atoms with van der Waals surface area (Å²) in [5.74, 6) is -1.28. The van der Waals surface area contributed by atoms with Crippen LogP contribution in [0.1, 0.15) is 29.8 Å². The van der Waals surface area contributed by atoms with Crippen LogP contribution in [0.5, 0.6) is 5.75 Å². The Hall–Kier alpha value is -1.54. The van der Waals surface area contributed by atoms with Gasteiger partial charge < -0.3 is 14.4 Å². The smallest absolute Gasteiger partial charge is 0.289 e. The number of nitrogens with zero attached hydrogens (tertiary/aromatic N) is 1. The maximum Gasteiger partial charge on any atom is 0.289 e. The summed E-state index contributed by atoms with van der Waals surface area (Å²) in [6.07, 6.45) is 2.87. The van der Waals surface area contributed by atoms with Crippen molar-refractivity contribution in [1.82, 2.24) is 4.90 Å². The largest absolute Gasteiger partial charge is 0.504 e. The molecule has 1 fully saturated rings. The predicted molar refractivity (Wildman–Crippen MR) is 61.5 cm³/mol. The van der Waals surface area contributed by atoms with E-state index in [4.69, 9.17) is 9.56 Å². The molecule has 18 heavy (non-hydrogen) atoms. The molecular weight excluding hydrogens is 260 g/mol. The van der Waals surface area contributed by atoms with E-state index in [-0.39, 0.29) is 5.76 Å². The van der Waals surface area contributed by atoms with Crippen LogP contribution in [0.4, 0.5) is 0 Å². The molecule has 0 spiro atoms. The van der Waals surface area contributed by atoms with E-state index >= 15 is 0 Å². The van der Waals surface area contributed by atoms with Gasteiger partial charge in [0, 0.05) is 19.2 Å². The highest BCUT2D eigenvalue weighted by Gasteiger charge is 2.27. The Morgan fingerprint density at radius 3 is 2.44 bits per heavy atom. The van der Waals surface area contributed by atoms with Crippen molar-refractivity contribution in [1.29, 1.82) is 0 Å². The van der Waals surface area contributed by atoms with E-state index < -0.39 is 26.8 Å². The van der Waals surface area contributed by atoms with Gasteiger partial charge in [0.1, 0.15) is 0 Å². The van der Waals surface area contributed by atoms with Crippen molar-refractivity contribution >= 4 is 15.9 Å². The number of carbonyl (C=O) groups is 1. The van der Waals surface area contributed by atoms with E-state index in [9.17, 15) is 18.3 Å². The fourth-order valence-electron chi connectivity index (χ4n) is 1.93. The molecule has 0 aliphatic carbocycles. The van der Waals surface area contributed by atoms with E-state index in [1.807, 2.05) is 0 Å². The second-order valence-corrected chi connectivity index (χ2v) is 5.64. The van der Waals surface area contributed by atoms with Gasteiger partial charge in [0.25, 0.3) is 21.0 Å². The van der Waals surface area contributed by atoms with Crippen LogP contribution in [0.15, 0.2) is 15.6 Å². The van der Waals surface area contributed by atoms with Crippen LogP contribution >= 0.6 is 0 Å². The summed E-state index contributed by atoms with van der Waals surface area (Å²) in [6, 6.07) is 0.983. The fourth-order valence-corrected chi connectivity index (χ4v) is 2.48. The molecule has 0 unspecified atom stereocenters. The lowest BCUT2D eigenvalue weighted by Gasteiger charge is -2.25. The lowest BCUT2D eigenvalue weighted by molar-refractivity contribution is 0.0686. The second kappa shape index (κ2) is 4.62. The molecule has 7 nitrogen and oxygen atoms in total. The number of primary sulfonamides is 1.